The number of aryl methyl sites for hydroxylation is 2. The number of ether oxygens (including phenoxy) is 1. The van der Waals surface area contributed by atoms with Crippen LogP contribution in [0.25, 0.3) is 0 Å². The smallest absolute Gasteiger partial charge is 0.174 e. The van der Waals surface area contributed by atoms with Crippen LogP contribution in [0.2, 0.25) is 0 Å². The van der Waals surface area contributed by atoms with Gasteiger partial charge in [-0.3, -0.25) is 4.68 Å². The first-order valence-electron chi connectivity index (χ1n) is 7.03. The predicted molar refractivity (Wildman–Crippen MR) is 80.7 cm³/mol. The van der Waals surface area contributed by atoms with Crippen LogP contribution in [0.1, 0.15) is 23.7 Å². The average Bonchev–Trinajstić information content (AvgIpc) is 2.86. The Balaban J connectivity index is 1.84. The maximum Gasteiger partial charge on any atom is 0.174 e. The number of benzene rings is 1. The van der Waals surface area contributed by atoms with Gasteiger partial charge in [-0.15, -0.1) is 0 Å². The van der Waals surface area contributed by atoms with E-state index in [0.717, 1.165) is 31.0 Å². The number of nitrogens with one attached hydrogen (secondary N) is 1. The highest BCUT2D eigenvalue weighted by atomic mass is 16.5. The molecule has 21 heavy (non-hydrogen) atoms. The SMILES string of the molecule is CCc1nn(C)cc1CNCc1ccc(OCC#N)cc1. The third kappa shape index (κ3) is 4.33. The lowest BCUT2D eigenvalue weighted by Gasteiger charge is -2.06. The number of nitrogens with zero attached hydrogens (tertiary/aromatic N) is 3. The zero-order valence-electron chi connectivity index (χ0n) is 12.5. The fraction of sp³-hybridized carbons (Fsp3) is 0.375. The molecule has 0 spiro atoms. The van der Waals surface area contributed by atoms with Crippen molar-refractivity contribution in [2.45, 2.75) is 26.4 Å². The molecule has 0 saturated heterocycles. The highest BCUT2D eigenvalue weighted by Crippen LogP contribution is 2.12. The van der Waals surface area contributed by atoms with Gasteiger partial charge in [0.15, 0.2) is 6.61 Å². The van der Waals surface area contributed by atoms with Crippen molar-refractivity contribution in [3.05, 3.63) is 47.3 Å². The van der Waals surface area contributed by atoms with Gasteiger partial charge in [-0.25, -0.2) is 0 Å². The maximum atomic E-state index is 8.46. The molecule has 2 rings (SSSR count). The van der Waals surface area contributed by atoms with Crippen LogP contribution in [-0.4, -0.2) is 16.4 Å². The van der Waals surface area contributed by atoms with Gasteiger partial charge in [0.25, 0.3) is 0 Å². The Bertz CT molecular complexity index is 610. The summed E-state index contributed by atoms with van der Waals surface area (Å²) in [6, 6.07) is 9.73. The Labute approximate surface area is 125 Å². The zero-order chi connectivity index (χ0) is 15.1. The van der Waals surface area contributed by atoms with Crippen molar-refractivity contribution < 1.29 is 4.74 Å². The van der Waals surface area contributed by atoms with E-state index in [9.17, 15) is 0 Å². The number of hydrogen-bond acceptors (Lipinski definition) is 4. The fourth-order valence-electron chi connectivity index (χ4n) is 2.19. The summed E-state index contributed by atoms with van der Waals surface area (Å²) in [5.41, 5.74) is 3.57. The summed E-state index contributed by atoms with van der Waals surface area (Å²) in [7, 11) is 1.95. The first kappa shape index (κ1) is 15.1. The standard InChI is InChI=1S/C16H20N4O/c1-3-16-14(12-20(2)19-16)11-18-10-13-4-6-15(7-5-13)21-9-8-17/h4-7,12,18H,3,9-11H2,1-2H3. The number of aromatic nitrogens is 2. The van der Waals surface area contributed by atoms with Crippen molar-refractivity contribution in [3.63, 3.8) is 0 Å². The molecule has 1 N–H and O–H groups in total. The van der Waals surface area contributed by atoms with Crippen LogP contribution < -0.4 is 10.1 Å². The van der Waals surface area contributed by atoms with E-state index < -0.39 is 0 Å². The van der Waals surface area contributed by atoms with E-state index in [0.29, 0.717) is 0 Å². The van der Waals surface area contributed by atoms with E-state index in [2.05, 4.69) is 23.5 Å². The molecule has 0 aliphatic carbocycles. The van der Waals surface area contributed by atoms with Gasteiger partial charge in [0.05, 0.1) is 5.69 Å². The summed E-state index contributed by atoms with van der Waals surface area (Å²) in [6.45, 7) is 3.80. The lowest BCUT2D eigenvalue weighted by Crippen LogP contribution is -2.13. The Kier molecular flexibility index (Phi) is 5.35. The molecule has 5 nitrogen and oxygen atoms in total. The Morgan fingerprint density at radius 3 is 2.71 bits per heavy atom. The van der Waals surface area contributed by atoms with Crippen LogP contribution in [0.4, 0.5) is 0 Å². The molecule has 0 bridgehead atoms. The Hall–Kier alpha value is -2.32. The molecule has 0 saturated carbocycles. The Morgan fingerprint density at radius 2 is 2.05 bits per heavy atom. The van der Waals surface area contributed by atoms with Gasteiger partial charge in [0.1, 0.15) is 11.8 Å². The molecule has 0 aliphatic heterocycles. The molecule has 0 fully saturated rings. The van der Waals surface area contributed by atoms with E-state index in [-0.39, 0.29) is 6.61 Å². The van der Waals surface area contributed by atoms with Crippen molar-refractivity contribution in [2.24, 2.45) is 7.05 Å². The number of nitriles is 1. The summed E-state index contributed by atoms with van der Waals surface area (Å²) >= 11 is 0. The summed E-state index contributed by atoms with van der Waals surface area (Å²) in [5.74, 6) is 0.723. The minimum atomic E-state index is 0.0817. The molecular formula is C16H20N4O. The van der Waals surface area contributed by atoms with E-state index in [4.69, 9.17) is 10.00 Å². The van der Waals surface area contributed by atoms with Crippen molar-refractivity contribution >= 4 is 0 Å². The lowest BCUT2D eigenvalue weighted by atomic mass is 10.2. The van der Waals surface area contributed by atoms with E-state index >= 15 is 0 Å². The van der Waals surface area contributed by atoms with Gasteiger partial charge >= 0.3 is 0 Å². The molecular weight excluding hydrogens is 264 g/mol. The van der Waals surface area contributed by atoms with Gasteiger partial charge in [-0.1, -0.05) is 19.1 Å². The normalized spacial score (nSPS) is 10.3. The summed E-state index contributed by atoms with van der Waals surface area (Å²) in [4.78, 5) is 0. The number of hydrogen-bond donors (Lipinski definition) is 1. The minimum absolute atomic E-state index is 0.0817. The van der Waals surface area contributed by atoms with Crippen molar-refractivity contribution in [1.82, 2.24) is 15.1 Å². The molecule has 5 heteroatoms. The average molecular weight is 284 g/mol. The van der Waals surface area contributed by atoms with Crippen LogP contribution in [0.5, 0.6) is 5.75 Å². The van der Waals surface area contributed by atoms with Gasteiger partial charge in [0, 0.05) is 31.9 Å². The molecule has 1 aromatic heterocycles. The molecule has 2 aromatic rings. The van der Waals surface area contributed by atoms with Gasteiger partial charge in [0.2, 0.25) is 0 Å². The minimum Gasteiger partial charge on any atom is -0.479 e. The van der Waals surface area contributed by atoms with Gasteiger partial charge in [-0.2, -0.15) is 10.4 Å². The maximum absolute atomic E-state index is 8.46. The fourth-order valence-corrected chi connectivity index (χ4v) is 2.19. The van der Waals surface area contributed by atoms with E-state index in [1.54, 1.807) is 0 Å². The van der Waals surface area contributed by atoms with Crippen molar-refractivity contribution in [1.29, 1.82) is 5.26 Å². The molecule has 1 aromatic carbocycles. The van der Waals surface area contributed by atoms with Crippen LogP contribution in [0, 0.1) is 11.3 Å². The Morgan fingerprint density at radius 1 is 1.29 bits per heavy atom. The second kappa shape index (κ2) is 7.46. The largest absolute Gasteiger partial charge is 0.479 e. The third-order valence-corrected chi connectivity index (χ3v) is 3.20. The van der Waals surface area contributed by atoms with Crippen molar-refractivity contribution in [2.75, 3.05) is 6.61 Å². The van der Waals surface area contributed by atoms with E-state index in [1.165, 1.54) is 11.1 Å². The summed E-state index contributed by atoms with van der Waals surface area (Å²) in [5, 5.41) is 16.3. The monoisotopic (exact) mass is 284 g/mol. The first-order valence-corrected chi connectivity index (χ1v) is 7.03. The molecule has 110 valence electrons. The molecule has 0 aliphatic rings. The topological polar surface area (TPSA) is 62.9 Å². The quantitative estimate of drug-likeness (QED) is 0.846. The molecule has 0 radical (unpaired) electrons. The summed E-state index contributed by atoms with van der Waals surface area (Å²) < 4.78 is 7.08. The van der Waals surface area contributed by atoms with Crippen LogP contribution in [0.3, 0.4) is 0 Å². The van der Waals surface area contributed by atoms with Gasteiger partial charge in [-0.05, 0) is 24.1 Å². The summed E-state index contributed by atoms with van der Waals surface area (Å²) in [6.07, 6.45) is 3.01. The highest BCUT2D eigenvalue weighted by molar-refractivity contribution is 5.27. The highest BCUT2D eigenvalue weighted by Gasteiger charge is 2.05. The lowest BCUT2D eigenvalue weighted by molar-refractivity contribution is 0.368. The predicted octanol–water partition coefficient (Wildman–Crippen LogP) is 2.17. The zero-order valence-corrected chi connectivity index (χ0v) is 12.5. The molecule has 0 amide bonds. The van der Waals surface area contributed by atoms with Crippen LogP contribution in [0.15, 0.2) is 30.5 Å². The molecule has 0 unspecified atom stereocenters. The van der Waals surface area contributed by atoms with Gasteiger partial charge < -0.3 is 10.1 Å². The van der Waals surface area contributed by atoms with Crippen molar-refractivity contribution in [3.8, 4) is 11.8 Å². The van der Waals surface area contributed by atoms with Crippen LogP contribution >= 0.6 is 0 Å². The molecule has 1 heterocycles. The van der Waals surface area contributed by atoms with E-state index in [1.807, 2.05) is 42.1 Å². The second-order valence-electron chi connectivity index (χ2n) is 4.82. The first-order chi connectivity index (χ1) is 10.2. The second-order valence-corrected chi connectivity index (χ2v) is 4.82. The number of rotatable bonds is 7. The third-order valence-electron chi connectivity index (χ3n) is 3.20. The van der Waals surface area contributed by atoms with Crippen LogP contribution in [-0.2, 0) is 26.6 Å². The molecule has 0 atom stereocenters.